The molecule has 0 aliphatic heterocycles. The van der Waals surface area contributed by atoms with E-state index in [1.165, 1.54) is 0 Å². The lowest BCUT2D eigenvalue weighted by Gasteiger charge is -2.55. The van der Waals surface area contributed by atoms with Gasteiger partial charge in [-0.2, -0.15) is 0 Å². The Morgan fingerprint density at radius 2 is 0.592 bits per heavy atom. The molecule has 49 heavy (non-hydrogen) atoms. The van der Waals surface area contributed by atoms with Crippen molar-refractivity contribution in [2.24, 2.45) is 0 Å². The maximum atomic E-state index is 6.85. The molecule has 0 saturated heterocycles. The third kappa shape index (κ3) is 10.8. The van der Waals surface area contributed by atoms with Gasteiger partial charge >= 0.3 is 35.2 Å². The van der Waals surface area contributed by atoms with Crippen molar-refractivity contribution in [1.82, 2.24) is 0 Å². The molecule has 0 saturated carbocycles. The van der Waals surface area contributed by atoms with Crippen molar-refractivity contribution in [3.05, 3.63) is 0 Å². The summed E-state index contributed by atoms with van der Waals surface area (Å²) in [6.45, 7) is 32.3. The molecular formula is C30H72O12S2Si5. The topological polar surface area (TPSA) is 111 Å². The summed E-state index contributed by atoms with van der Waals surface area (Å²) in [6.07, 6.45) is 0.494. The van der Waals surface area contributed by atoms with Gasteiger partial charge in [0.05, 0.1) is 0 Å². The van der Waals surface area contributed by atoms with Crippen LogP contribution >= 0.6 is 21.6 Å². The van der Waals surface area contributed by atoms with E-state index in [9.17, 15) is 0 Å². The Bertz CT molecular complexity index is 735. The minimum absolute atomic E-state index is 0.0584. The lowest BCUT2D eigenvalue weighted by Crippen LogP contribution is -2.81. The fourth-order valence-corrected chi connectivity index (χ4v) is 36.5. The Hall–Kier alpha value is 1.30. The smallest absolute Gasteiger partial charge is 0.373 e. The van der Waals surface area contributed by atoms with E-state index >= 15 is 0 Å². The standard InChI is InChI=1S/C30H72O12S2Si5/c1-15-29(46(31-16-2,32-17-3)33-18-4,47(34-19-5,35-20-6)36-21-7)43-44-30(28(14)45,48(37-22-8,38-23-9)39-24-10)49(40-25-11,41-26-12)42-27-13/h28H,15-27H2,1-14,45H3. The zero-order valence-corrected chi connectivity index (χ0v) is 41.1. The second kappa shape index (κ2) is 25.4. The summed E-state index contributed by atoms with van der Waals surface area (Å²) in [4.78, 5) is 0. The second-order valence-electron chi connectivity index (χ2n) is 10.7. The Labute approximate surface area is 315 Å². The van der Waals surface area contributed by atoms with Crippen LogP contribution in [0.2, 0.25) is 5.54 Å². The second-order valence-corrected chi connectivity index (χ2v) is 28.7. The van der Waals surface area contributed by atoms with Crippen molar-refractivity contribution in [2.75, 3.05) is 79.3 Å². The first-order valence-electron chi connectivity index (χ1n) is 18.5. The molecule has 0 fully saturated rings. The van der Waals surface area contributed by atoms with Gasteiger partial charge in [-0.1, -0.05) is 35.4 Å². The summed E-state index contributed by atoms with van der Waals surface area (Å²) in [6, 6.07) is 0. The predicted molar refractivity (Wildman–Crippen MR) is 213 cm³/mol. The summed E-state index contributed by atoms with van der Waals surface area (Å²) in [5.41, 5.74) is -0.0584. The van der Waals surface area contributed by atoms with E-state index in [1.807, 2.05) is 83.1 Å². The van der Waals surface area contributed by atoms with Crippen LogP contribution in [-0.4, -0.2) is 133 Å². The van der Waals surface area contributed by atoms with E-state index in [1.54, 1.807) is 21.6 Å². The molecule has 296 valence electrons. The highest BCUT2D eigenvalue weighted by atomic mass is 33.1. The van der Waals surface area contributed by atoms with Crippen LogP contribution < -0.4 is 0 Å². The van der Waals surface area contributed by atoms with Crippen molar-refractivity contribution >= 4 is 67.0 Å². The van der Waals surface area contributed by atoms with Crippen LogP contribution in [0, 0.1) is 0 Å². The lowest BCUT2D eigenvalue weighted by molar-refractivity contribution is 0.0259. The maximum absolute atomic E-state index is 6.85. The van der Waals surface area contributed by atoms with Crippen LogP contribution in [-0.2, 0) is 53.1 Å². The molecule has 0 spiro atoms. The van der Waals surface area contributed by atoms with E-state index in [-0.39, 0.29) is 5.54 Å². The molecule has 12 nitrogen and oxygen atoms in total. The minimum Gasteiger partial charge on any atom is -0.373 e. The zero-order chi connectivity index (χ0) is 37.7. The molecule has 0 amide bonds. The summed E-state index contributed by atoms with van der Waals surface area (Å²) in [5.74, 6) is 0. The summed E-state index contributed by atoms with van der Waals surface area (Å²) in [5, 5.41) is 0. The Kier molecular flexibility index (Phi) is 26.1. The molecule has 0 aromatic heterocycles. The van der Waals surface area contributed by atoms with E-state index in [0.29, 0.717) is 95.9 Å². The van der Waals surface area contributed by atoms with Crippen LogP contribution in [0.4, 0.5) is 0 Å². The molecule has 0 rings (SSSR count). The number of rotatable bonds is 33. The molecule has 1 unspecified atom stereocenters. The van der Waals surface area contributed by atoms with Gasteiger partial charge in [0, 0.05) is 89.5 Å². The molecule has 0 radical (unpaired) electrons. The third-order valence-corrected chi connectivity index (χ3v) is 36.6. The lowest BCUT2D eigenvalue weighted by atomic mass is 10.5. The Balaban J connectivity index is 8.78. The van der Waals surface area contributed by atoms with Gasteiger partial charge < -0.3 is 53.1 Å². The number of hydrogen-bond donors (Lipinski definition) is 0. The summed E-state index contributed by atoms with van der Waals surface area (Å²) >= 11 is 0. The predicted octanol–water partition coefficient (Wildman–Crippen LogP) is 5.78. The molecule has 19 heteroatoms. The molecule has 0 N–H and O–H groups in total. The van der Waals surface area contributed by atoms with Crippen molar-refractivity contribution in [3.8, 4) is 0 Å². The van der Waals surface area contributed by atoms with Gasteiger partial charge in [0.25, 0.3) is 0 Å². The van der Waals surface area contributed by atoms with Crippen LogP contribution in [0.15, 0.2) is 0 Å². The number of hydrogen-bond acceptors (Lipinski definition) is 14. The van der Waals surface area contributed by atoms with Gasteiger partial charge in [-0.05, 0) is 95.0 Å². The van der Waals surface area contributed by atoms with Crippen molar-refractivity contribution in [1.29, 1.82) is 0 Å². The van der Waals surface area contributed by atoms with E-state index in [4.69, 9.17) is 53.1 Å². The van der Waals surface area contributed by atoms with Gasteiger partial charge in [0.1, 0.15) is 0 Å². The highest BCUT2D eigenvalue weighted by molar-refractivity contribution is 8.79. The molecular weight excluding hydrogens is 757 g/mol. The first-order chi connectivity index (χ1) is 23.4. The van der Waals surface area contributed by atoms with E-state index < -0.39 is 43.2 Å². The monoisotopic (exact) mass is 828 g/mol. The maximum Gasteiger partial charge on any atom is 0.523 e. The molecule has 0 heterocycles. The molecule has 1 atom stereocenters. The molecule has 0 aliphatic rings. The van der Waals surface area contributed by atoms with Crippen molar-refractivity contribution in [2.45, 2.75) is 117 Å². The average molecular weight is 829 g/mol. The van der Waals surface area contributed by atoms with Crippen LogP contribution in [0.25, 0.3) is 0 Å². The van der Waals surface area contributed by atoms with Gasteiger partial charge in [0.2, 0.25) is 0 Å². The van der Waals surface area contributed by atoms with Gasteiger partial charge in [-0.15, -0.1) is 0 Å². The molecule has 0 aliphatic carbocycles. The highest BCUT2D eigenvalue weighted by Crippen LogP contribution is 2.62. The first-order valence-corrected chi connectivity index (χ1v) is 28.7. The van der Waals surface area contributed by atoms with E-state index in [0.717, 1.165) is 0 Å². The average Bonchev–Trinajstić information content (AvgIpc) is 3.04. The van der Waals surface area contributed by atoms with Gasteiger partial charge in [0.15, 0.2) is 7.99 Å². The third-order valence-electron chi connectivity index (χ3n) is 7.54. The van der Waals surface area contributed by atoms with Crippen LogP contribution in [0.5, 0.6) is 0 Å². The minimum atomic E-state index is -3.78. The Morgan fingerprint density at radius 1 is 0.388 bits per heavy atom. The molecule has 0 aromatic rings. The SMILES string of the molecule is CCO[Si](OCC)(OCC)C(CC)(SSC(C(C)[SiH3])([Si](OCC)(OCC)OCC)[Si](OCC)(OCC)OCC)[Si](OCC)(OCC)OCC. The molecule has 0 aromatic carbocycles. The highest BCUT2D eigenvalue weighted by Gasteiger charge is 2.83. The fourth-order valence-electron chi connectivity index (χ4n) is 6.13. The van der Waals surface area contributed by atoms with Gasteiger partial charge in [-0.3, -0.25) is 0 Å². The normalized spacial score (nSPS) is 14.6. The van der Waals surface area contributed by atoms with E-state index in [2.05, 4.69) is 13.8 Å². The first kappa shape index (κ1) is 50.3. The molecule has 0 bridgehead atoms. The summed E-state index contributed by atoms with van der Waals surface area (Å²) < 4.78 is 79.7. The fraction of sp³-hybridized carbons (Fsp3) is 1.00. The van der Waals surface area contributed by atoms with Gasteiger partial charge in [-0.25, -0.2) is 0 Å². The van der Waals surface area contributed by atoms with Crippen LogP contribution in [0.3, 0.4) is 0 Å². The zero-order valence-electron chi connectivity index (χ0n) is 33.5. The summed E-state index contributed by atoms with van der Waals surface area (Å²) in [7, 11) is -11.2. The Morgan fingerprint density at radius 3 is 0.755 bits per heavy atom. The van der Waals surface area contributed by atoms with Crippen LogP contribution in [0.1, 0.15) is 103 Å². The van der Waals surface area contributed by atoms with Crippen molar-refractivity contribution in [3.63, 3.8) is 0 Å². The quantitative estimate of drug-likeness (QED) is 0.0589. The van der Waals surface area contributed by atoms with Crippen molar-refractivity contribution < 1.29 is 53.1 Å². The largest absolute Gasteiger partial charge is 0.523 e.